The zero-order valence-corrected chi connectivity index (χ0v) is 17.8. The smallest absolute Gasteiger partial charge is 0.338 e. The number of aliphatic hydroxyl groups is 1. The zero-order valence-electron chi connectivity index (χ0n) is 17.8. The number of nitrogens with zero attached hydrogens (tertiary/aromatic N) is 1. The highest BCUT2D eigenvalue weighted by Crippen LogP contribution is 2.40. The highest BCUT2D eigenvalue weighted by Gasteiger charge is 2.45. The topological polar surface area (TPSA) is 65.6 Å². The Labute approximate surface area is 187 Å². The summed E-state index contributed by atoms with van der Waals surface area (Å²) in [6.07, 6.45) is 0.862. The number of nitrogens with one attached hydrogen (secondary N) is 1. The monoisotopic (exact) mass is 426 g/mol. The predicted octanol–water partition coefficient (Wildman–Crippen LogP) is 4.27. The number of aromatic amines is 1. The molecule has 5 nitrogen and oxygen atoms in total. The van der Waals surface area contributed by atoms with E-state index >= 15 is 0 Å². The molecule has 0 unspecified atom stereocenters. The van der Waals surface area contributed by atoms with Gasteiger partial charge in [0.05, 0.1) is 12.2 Å². The van der Waals surface area contributed by atoms with Crippen LogP contribution in [0, 0.1) is 0 Å². The summed E-state index contributed by atoms with van der Waals surface area (Å²) in [6.45, 7) is 1.30. The fourth-order valence-electron chi connectivity index (χ4n) is 4.74. The third-order valence-corrected chi connectivity index (χ3v) is 6.45. The third-order valence-electron chi connectivity index (χ3n) is 6.45. The summed E-state index contributed by atoms with van der Waals surface area (Å²) in [6, 6.07) is 27.4. The lowest BCUT2D eigenvalue weighted by Gasteiger charge is -2.45. The number of esters is 1. The van der Waals surface area contributed by atoms with Crippen LogP contribution in [0.25, 0.3) is 10.9 Å². The summed E-state index contributed by atoms with van der Waals surface area (Å²) in [7, 11) is 0. The molecule has 4 aromatic rings. The van der Waals surface area contributed by atoms with Gasteiger partial charge in [-0.15, -0.1) is 0 Å². The molecule has 0 spiro atoms. The largest absolute Gasteiger partial charge is 0.460 e. The lowest BCUT2D eigenvalue weighted by Crippen LogP contribution is -2.55. The van der Waals surface area contributed by atoms with Gasteiger partial charge in [0.2, 0.25) is 0 Å². The van der Waals surface area contributed by atoms with Gasteiger partial charge in [0.1, 0.15) is 12.1 Å². The second-order valence-electron chi connectivity index (χ2n) is 8.31. The first-order chi connectivity index (χ1) is 15.7. The number of aromatic nitrogens is 1. The number of carbonyl (C=O) groups is 1. The van der Waals surface area contributed by atoms with E-state index in [0.29, 0.717) is 12.1 Å². The van der Waals surface area contributed by atoms with Gasteiger partial charge < -0.3 is 14.8 Å². The number of benzene rings is 3. The zero-order chi connectivity index (χ0) is 22.0. The average molecular weight is 427 g/mol. The molecule has 32 heavy (non-hydrogen) atoms. The minimum atomic E-state index is -0.854. The molecule has 0 radical (unpaired) electrons. The van der Waals surface area contributed by atoms with Gasteiger partial charge in [0, 0.05) is 29.7 Å². The summed E-state index contributed by atoms with van der Waals surface area (Å²) in [5.74, 6) is -0.388. The molecule has 2 N–H and O–H groups in total. The van der Waals surface area contributed by atoms with E-state index in [1.807, 2.05) is 54.6 Å². The summed E-state index contributed by atoms with van der Waals surface area (Å²) in [4.78, 5) is 18.5. The van der Waals surface area contributed by atoms with Gasteiger partial charge in [0.15, 0.2) is 0 Å². The Morgan fingerprint density at radius 3 is 2.41 bits per heavy atom. The molecule has 5 rings (SSSR count). The lowest BCUT2D eigenvalue weighted by atomic mass is 9.85. The van der Waals surface area contributed by atoms with Crippen molar-refractivity contribution in [2.75, 3.05) is 19.8 Å². The van der Waals surface area contributed by atoms with E-state index in [1.165, 1.54) is 5.56 Å². The fourth-order valence-corrected chi connectivity index (χ4v) is 4.74. The van der Waals surface area contributed by atoms with E-state index in [-0.39, 0.29) is 19.2 Å². The normalized spacial score (nSPS) is 18.4. The number of aliphatic hydroxyl groups excluding tert-OH is 1. The summed E-state index contributed by atoms with van der Waals surface area (Å²) in [5.41, 5.74) is 3.96. The Morgan fingerprint density at radius 1 is 0.969 bits per heavy atom. The molecule has 3 aromatic carbocycles. The average Bonchev–Trinajstić information content (AvgIpc) is 3.24. The molecule has 2 heterocycles. The standard InChI is InChI=1S/C27H26N2O3/c30-18-27(19-32-26(31)21-11-5-2-6-12-21)25-23(22-13-7-8-14-24(22)28-25)15-16-29(27)17-20-9-3-1-4-10-20/h1-14,28,30H,15-19H2/t27-/m0/s1. The van der Waals surface area contributed by atoms with Crippen LogP contribution in [0.1, 0.15) is 27.2 Å². The first-order valence-electron chi connectivity index (χ1n) is 10.9. The Balaban J connectivity index is 1.54. The van der Waals surface area contributed by atoms with Crippen molar-refractivity contribution in [2.24, 2.45) is 0 Å². The molecule has 1 aliphatic heterocycles. The highest BCUT2D eigenvalue weighted by atomic mass is 16.5. The maximum absolute atomic E-state index is 12.8. The van der Waals surface area contributed by atoms with Crippen molar-refractivity contribution < 1.29 is 14.6 Å². The van der Waals surface area contributed by atoms with Crippen molar-refractivity contribution in [3.63, 3.8) is 0 Å². The number of ether oxygens (including phenoxy) is 1. The maximum atomic E-state index is 12.8. The number of carbonyl (C=O) groups excluding carboxylic acids is 1. The molecule has 0 saturated carbocycles. The van der Waals surface area contributed by atoms with Crippen LogP contribution in [0.5, 0.6) is 0 Å². The van der Waals surface area contributed by atoms with Gasteiger partial charge in [-0.3, -0.25) is 4.90 Å². The van der Waals surface area contributed by atoms with Gasteiger partial charge >= 0.3 is 5.97 Å². The van der Waals surface area contributed by atoms with Gasteiger partial charge in [-0.1, -0.05) is 66.7 Å². The van der Waals surface area contributed by atoms with Crippen molar-refractivity contribution >= 4 is 16.9 Å². The van der Waals surface area contributed by atoms with Gasteiger partial charge in [-0.25, -0.2) is 4.79 Å². The maximum Gasteiger partial charge on any atom is 0.338 e. The molecule has 5 heteroatoms. The summed E-state index contributed by atoms with van der Waals surface area (Å²) < 4.78 is 5.82. The van der Waals surface area contributed by atoms with Crippen LogP contribution in [0.4, 0.5) is 0 Å². The van der Waals surface area contributed by atoms with E-state index < -0.39 is 5.54 Å². The molecule has 0 bridgehead atoms. The van der Waals surface area contributed by atoms with Crippen molar-refractivity contribution in [1.82, 2.24) is 9.88 Å². The Bertz CT molecular complexity index is 1220. The summed E-state index contributed by atoms with van der Waals surface area (Å²) >= 11 is 0. The van der Waals surface area contributed by atoms with Gasteiger partial charge in [-0.2, -0.15) is 0 Å². The molecular formula is C27H26N2O3. The highest BCUT2D eigenvalue weighted by molar-refractivity contribution is 5.89. The number of H-pyrrole nitrogens is 1. The van der Waals surface area contributed by atoms with Crippen molar-refractivity contribution in [3.05, 3.63) is 107 Å². The van der Waals surface area contributed by atoms with Crippen LogP contribution in [-0.2, 0) is 23.2 Å². The SMILES string of the molecule is O=C(OC[C@@]1(CO)c2[nH]c3ccccc3c2CCN1Cc1ccccc1)c1ccccc1. The van der Waals surface area contributed by atoms with E-state index in [1.54, 1.807) is 12.1 Å². The molecule has 0 fully saturated rings. The van der Waals surface area contributed by atoms with Crippen LogP contribution < -0.4 is 0 Å². The minimum Gasteiger partial charge on any atom is -0.460 e. The minimum absolute atomic E-state index is 0.0594. The molecule has 1 aliphatic rings. The third kappa shape index (κ3) is 3.60. The van der Waals surface area contributed by atoms with Crippen molar-refractivity contribution in [3.8, 4) is 0 Å². The Hall–Kier alpha value is -3.41. The number of rotatable bonds is 6. The lowest BCUT2D eigenvalue weighted by molar-refractivity contribution is -0.0440. The number of hydrogen-bond donors (Lipinski definition) is 2. The fraction of sp³-hybridized carbons (Fsp3) is 0.222. The second kappa shape index (κ2) is 8.61. The number of hydrogen-bond acceptors (Lipinski definition) is 4. The van der Waals surface area contributed by atoms with Crippen LogP contribution >= 0.6 is 0 Å². The van der Waals surface area contributed by atoms with E-state index in [4.69, 9.17) is 4.74 Å². The van der Waals surface area contributed by atoms with E-state index in [9.17, 15) is 9.90 Å². The van der Waals surface area contributed by atoms with E-state index in [2.05, 4.69) is 28.1 Å². The first kappa shape index (κ1) is 20.5. The van der Waals surface area contributed by atoms with Gasteiger partial charge in [0.25, 0.3) is 0 Å². The first-order valence-corrected chi connectivity index (χ1v) is 10.9. The molecule has 162 valence electrons. The molecule has 0 aliphatic carbocycles. The Kier molecular flexibility index (Phi) is 5.52. The molecule has 0 amide bonds. The van der Waals surface area contributed by atoms with Crippen LogP contribution in [0.15, 0.2) is 84.9 Å². The van der Waals surface area contributed by atoms with Crippen molar-refractivity contribution in [2.45, 2.75) is 18.5 Å². The summed E-state index contributed by atoms with van der Waals surface area (Å²) in [5, 5.41) is 12.0. The van der Waals surface area contributed by atoms with Crippen molar-refractivity contribution in [1.29, 1.82) is 0 Å². The second-order valence-corrected chi connectivity index (χ2v) is 8.31. The predicted molar refractivity (Wildman–Crippen MR) is 124 cm³/mol. The molecule has 1 atom stereocenters. The van der Waals surface area contributed by atoms with Crippen LogP contribution in [-0.4, -0.2) is 40.7 Å². The number of para-hydroxylation sites is 1. The van der Waals surface area contributed by atoms with Crippen LogP contribution in [0.3, 0.4) is 0 Å². The Morgan fingerprint density at radius 2 is 1.66 bits per heavy atom. The van der Waals surface area contributed by atoms with E-state index in [0.717, 1.165) is 35.1 Å². The molecular weight excluding hydrogens is 400 g/mol. The quantitative estimate of drug-likeness (QED) is 0.452. The number of fused-ring (bicyclic) bond motifs is 3. The molecule has 1 aromatic heterocycles. The molecule has 0 saturated heterocycles. The van der Waals surface area contributed by atoms with Gasteiger partial charge in [-0.05, 0) is 35.7 Å². The van der Waals surface area contributed by atoms with Crippen LogP contribution in [0.2, 0.25) is 0 Å².